The van der Waals surface area contributed by atoms with Crippen LogP contribution in [0.2, 0.25) is 0 Å². The van der Waals surface area contributed by atoms with Crippen molar-refractivity contribution in [3.05, 3.63) is 41.6 Å². The van der Waals surface area contributed by atoms with E-state index in [0.717, 1.165) is 48.0 Å². The molecule has 2 fully saturated rings. The van der Waals surface area contributed by atoms with Crippen LogP contribution in [0.25, 0.3) is 11.4 Å². The van der Waals surface area contributed by atoms with Crippen LogP contribution in [0.5, 0.6) is 0 Å². The second-order valence-corrected chi connectivity index (χ2v) is 7.91. The number of anilines is 1. The van der Waals surface area contributed by atoms with Crippen molar-refractivity contribution >= 4 is 11.8 Å². The van der Waals surface area contributed by atoms with Gasteiger partial charge >= 0.3 is 6.03 Å². The van der Waals surface area contributed by atoms with Gasteiger partial charge in [0.25, 0.3) is 0 Å². The van der Waals surface area contributed by atoms with Crippen LogP contribution < -0.4 is 4.90 Å². The molecule has 0 N–H and O–H groups in total. The van der Waals surface area contributed by atoms with Crippen molar-refractivity contribution in [1.82, 2.24) is 19.8 Å². The smallest absolute Gasteiger partial charge is 0.320 e. The number of fused-ring (bicyclic) bond motifs is 1. The molecule has 2 saturated heterocycles. The van der Waals surface area contributed by atoms with Gasteiger partial charge in [-0.05, 0) is 12.8 Å². The van der Waals surface area contributed by atoms with Crippen molar-refractivity contribution in [3.63, 3.8) is 0 Å². The largest absolute Gasteiger partial charge is 0.378 e. The number of urea groups is 1. The average molecular weight is 393 g/mol. The van der Waals surface area contributed by atoms with E-state index in [2.05, 4.69) is 17.0 Å². The number of carbonyl (C=O) groups excluding carboxylic acids is 1. The van der Waals surface area contributed by atoms with E-state index < -0.39 is 0 Å². The zero-order chi connectivity index (χ0) is 19.6. The summed E-state index contributed by atoms with van der Waals surface area (Å²) in [6.07, 6.45) is 3.15. The van der Waals surface area contributed by atoms with Crippen LogP contribution in [-0.4, -0.2) is 71.7 Å². The molecule has 2 amide bonds. The minimum atomic E-state index is 0.110. The Labute approximate surface area is 171 Å². The van der Waals surface area contributed by atoms with E-state index in [1.54, 1.807) is 0 Å². The SMILES string of the molecule is O=C(N1CCOCC1)N1CCc2nc(-c3ccccc3)nc(N3CCCC3)c2C1. The van der Waals surface area contributed by atoms with Crippen LogP contribution >= 0.6 is 0 Å². The Balaban J connectivity index is 1.47. The lowest BCUT2D eigenvalue weighted by Gasteiger charge is -2.36. The molecule has 0 unspecified atom stereocenters. The molecule has 0 atom stereocenters. The fraction of sp³-hybridized carbons (Fsp3) is 0.500. The summed E-state index contributed by atoms with van der Waals surface area (Å²) in [6.45, 7) is 5.93. The van der Waals surface area contributed by atoms with Gasteiger partial charge in [0, 0.05) is 50.3 Å². The first-order chi connectivity index (χ1) is 14.3. The Morgan fingerprint density at radius 2 is 1.66 bits per heavy atom. The number of ether oxygens (including phenoxy) is 1. The summed E-state index contributed by atoms with van der Waals surface area (Å²) in [5.74, 6) is 1.81. The highest BCUT2D eigenvalue weighted by Crippen LogP contribution is 2.31. The van der Waals surface area contributed by atoms with Gasteiger partial charge in [-0.15, -0.1) is 0 Å². The van der Waals surface area contributed by atoms with Crippen molar-refractivity contribution in [2.75, 3.05) is 50.8 Å². The lowest BCUT2D eigenvalue weighted by molar-refractivity contribution is 0.0421. The quantitative estimate of drug-likeness (QED) is 0.785. The highest BCUT2D eigenvalue weighted by molar-refractivity contribution is 5.75. The monoisotopic (exact) mass is 393 g/mol. The van der Waals surface area contributed by atoms with Gasteiger partial charge < -0.3 is 19.4 Å². The zero-order valence-electron chi connectivity index (χ0n) is 16.7. The molecule has 152 valence electrons. The standard InChI is InChI=1S/C22H27N5O2/c28-22(26-12-14-29-15-13-26)27-11-8-19-18(16-27)21(25-9-4-5-10-25)24-20(23-19)17-6-2-1-3-7-17/h1-3,6-7H,4-5,8-16H2. The van der Waals surface area contributed by atoms with E-state index >= 15 is 0 Å². The summed E-state index contributed by atoms with van der Waals surface area (Å²) in [7, 11) is 0. The lowest BCUT2D eigenvalue weighted by Crippen LogP contribution is -2.49. The van der Waals surface area contributed by atoms with E-state index in [-0.39, 0.29) is 6.03 Å². The van der Waals surface area contributed by atoms with Crippen LogP contribution in [0.3, 0.4) is 0 Å². The molecule has 3 aliphatic heterocycles. The zero-order valence-corrected chi connectivity index (χ0v) is 16.7. The van der Waals surface area contributed by atoms with Gasteiger partial charge in [-0.1, -0.05) is 30.3 Å². The van der Waals surface area contributed by atoms with E-state index in [4.69, 9.17) is 14.7 Å². The molecule has 1 aromatic heterocycles. The van der Waals surface area contributed by atoms with Crippen molar-refractivity contribution in [1.29, 1.82) is 0 Å². The summed E-state index contributed by atoms with van der Waals surface area (Å²) in [5.41, 5.74) is 3.26. The Morgan fingerprint density at radius 1 is 0.897 bits per heavy atom. The molecule has 0 saturated carbocycles. The summed E-state index contributed by atoms with van der Waals surface area (Å²) in [5, 5.41) is 0. The molecule has 2 aromatic rings. The third kappa shape index (κ3) is 3.67. The van der Waals surface area contributed by atoms with Gasteiger partial charge in [-0.3, -0.25) is 0 Å². The van der Waals surface area contributed by atoms with Crippen LogP contribution in [0.15, 0.2) is 30.3 Å². The van der Waals surface area contributed by atoms with Gasteiger partial charge in [0.1, 0.15) is 5.82 Å². The molecule has 3 aliphatic rings. The third-order valence-electron chi connectivity index (χ3n) is 6.03. The second kappa shape index (κ2) is 7.99. The first-order valence-corrected chi connectivity index (χ1v) is 10.6. The molecule has 0 bridgehead atoms. The van der Waals surface area contributed by atoms with E-state index in [9.17, 15) is 4.79 Å². The number of rotatable bonds is 2. The summed E-state index contributed by atoms with van der Waals surface area (Å²) < 4.78 is 5.40. The van der Waals surface area contributed by atoms with Gasteiger partial charge in [0.2, 0.25) is 0 Å². The van der Waals surface area contributed by atoms with Crippen molar-refractivity contribution in [2.45, 2.75) is 25.8 Å². The maximum absolute atomic E-state index is 13.0. The highest BCUT2D eigenvalue weighted by Gasteiger charge is 2.31. The minimum Gasteiger partial charge on any atom is -0.378 e. The number of amides is 2. The third-order valence-corrected chi connectivity index (χ3v) is 6.03. The molecular formula is C22H27N5O2. The molecule has 4 heterocycles. The number of aromatic nitrogens is 2. The Morgan fingerprint density at radius 3 is 2.41 bits per heavy atom. The fourth-order valence-electron chi connectivity index (χ4n) is 4.42. The van der Waals surface area contributed by atoms with Crippen molar-refractivity contribution in [2.24, 2.45) is 0 Å². The highest BCUT2D eigenvalue weighted by atomic mass is 16.5. The van der Waals surface area contributed by atoms with E-state index in [0.29, 0.717) is 39.4 Å². The van der Waals surface area contributed by atoms with Gasteiger partial charge in [-0.25, -0.2) is 14.8 Å². The Kier molecular flexibility index (Phi) is 5.06. The van der Waals surface area contributed by atoms with E-state index in [1.807, 2.05) is 28.0 Å². The number of hydrogen-bond donors (Lipinski definition) is 0. The fourth-order valence-corrected chi connectivity index (χ4v) is 4.42. The number of hydrogen-bond acceptors (Lipinski definition) is 5. The molecule has 7 nitrogen and oxygen atoms in total. The number of carbonyl (C=O) groups is 1. The first kappa shape index (κ1) is 18.4. The molecule has 0 radical (unpaired) electrons. The normalized spacial score (nSPS) is 19.4. The summed E-state index contributed by atoms with van der Waals surface area (Å²) in [6, 6.07) is 10.3. The topological polar surface area (TPSA) is 61.8 Å². The summed E-state index contributed by atoms with van der Waals surface area (Å²) in [4.78, 5) is 29.2. The molecule has 5 rings (SSSR count). The maximum Gasteiger partial charge on any atom is 0.320 e. The summed E-state index contributed by atoms with van der Waals surface area (Å²) >= 11 is 0. The van der Waals surface area contributed by atoms with Gasteiger partial charge in [0.15, 0.2) is 5.82 Å². The van der Waals surface area contributed by atoms with Crippen molar-refractivity contribution in [3.8, 4) is 11.4 Å². The van der Waals surface area contributed by atoms with Crippen LogP contribution in [0, 0.1) is 0 Å². The molecule has 29 heavy (non-hydrogen) atoms. The minimum absolute atomic E-state index is 0.110. The maximum atomic E-state index is 13.0. The number of nitrogens with zero attached hydrogens (tertiary/aromatic N) is 5. The van der Waals surface area contributed by atoms with Crippen molar-refractivity contribution < 1.29 is 9.53 Å². The molecule has 0 spiro atoms. The molecule has 1 aromatic carbocycles. The second-order valence-electron chi connectivity index (χ2n) is 7.91. The molecule has 7 heteroatoms. The lowest BCUT2D eigenvalue weighted by atomic mass is 10.0. The predicted molar refractivity (Wildman–Crippen MR) is 111 cm³/mol. The molecular weight excluding hydrogens is 366 g/mol. The predicted octanol–water partition coefficient (Wildman–Crippen LogP) is 2.55. The molecule has 0 aliphatic carbocycles. The van der Waals surface area contributed by atoms with Crippen LogP contribution in [0.4, 0.5) is 10.6 Å². The number of morpholine rings is 1. The Hall–Kier alpha value is -2.67. The van der Waals surface area contributed by atoms with E-state index in [1.165, 1.54) is 12.8 Å². The number of benzene rings is 1. The van der Waals surface area contributed by atoms with Crippen LogP contribution in [0.1, 0.15) is 24.1 Å². The first-order valence-electron chi connectivity index (χ1n) is 10.6. The van der Waals surface area contributed by atoms with Gasteiger partial charge in [0.05, 0.1) is 25.5 Å². The van der Waals surface area contributed by atoms with Crippen LogP contribution in [-0.2, 0) is 17.7 Å². The Bertz CT molecular complexity index is 876. The van der Waals surface area contributed by atoms with Gasteiger partial charge in [-0.2, -0.15) is 0 Å². The average Bonchev–Trinajstić information content (AvgIpc) is 3.33.